The molecule has 0 aliphatic carbocycles. The van der Waals surface area contributed by atoms with Gasteiger partial charge in [0.2, 0.25) is 0 Å². The average Bonchev–Trinajstić information content (AvgIpc) is 2.35. The fraction of sp³-hybridized carbons (Fsp3) is 0.500. The molecule has 0 heterocycles. The van der Waals surface area contributed by atoms with Crippen molar-refractivity contribution in [3.05, 3.63) is 35.4 Å². The number of benzene rings is 1. The van der Waals surface area contributed by atoms with Gasteiger partial charge in [-0.25, -0.2) is 0 Å². The molecule has 1 rings (SSSR count). The number of hydrogen-bond donors (Lipinski definition) is 2. The van der Waals surface area contributed by atoms with Gasteiger partial charge in [0, 0.05) is 6.42 Å². The fourth-order valence-electron chi connectivity index (χ4n) is 1.95. The highest BCUT2D eigenvalue weighted by atomic mass is 16.6. The Morgan fingerprint density at radius 3 is 2.33 bits per heavy atom. The number of aryl methyl sites for hydroxylation is 1. The summed E-state index contributed by atoms with van der Waals surface area (Å²) >= 11 is 0. The molecule has 0 unspecified atom stereocenters. The van der Waals surface area contributed by atoms with Gasteiger partial charge in [-0.15, -0.1) is 0 Å². The van der Waals surface area contributed by atoms with Gasteiger partial charge >= 0.3 is 11.9 Å². The van der Waals surface area contributed by atoms with Crippen LogP contribution in [-0.2, 0) is 27.2 Å². The molecule has 0 radical (unpaired) electrons. The predicted molar refractivity (Wildman–Crippen MR) is 79.9 cm³/mol. The van der Waals surface area contributed by atoms with E-state index in [1.807, 2.05) is 45.0 Å². The van der Waals surface area contributed by atoms with Gasteiger partial charge in [-0.2, -0.15) is 0 Å². The first-order chi connectivity index (χ1) is 9.69. The Kier molecular flexibility index (Phi) is 5.90. The molecule has 3 N–H and O–H groups in total. The molecule has 0 saturated carbocycles. The van der Waals surface area contributed by atoms with Crippen LogP contribution in [0.3, 0.4) is 0 Å². The van der Waals surface area contributed by atoms with Crippen molar-refractivity contribution in [2.24, 2.45) is 5.73 Å². The van der Waals surface area contributed by atoms with E-state index in [0.717, 1.165) is 11.1 Å². The fourth-order valence-corrected chi connectivity index (χ4v) is 1.95. The van der Waals surface area contributed by atoms with Crippen LogP contribution < -0.4 is 5.73 Å². The van der Waals surface area contributed by atoms with Crippen LogP contribution in [0.5, 0.6) is 0 Å². The summed E-state index contributed by atoms with van der Waals surface area (Å²) in [6.07, 6.45) is 1.02. The summed E-state index contributed by atoms with van der Waals surface area (Å²) < 4.78 is 5.26. The minimum atomic E-state index is -1.03. The van der Waals surface area contributed by atoms with Crippen molar-refractivity contribution in [1.29, 1.82) is 0 Å². The van der Waals surface area contributed by atoms with Crippen molar-refractivity contribution in [3.63, 3.8) is 0 Å². The van der Waals surface area contributed by atoms with Crippen LogP contribution in [0.15, 0.2) is 24.3 Å². The van der Waals surface area contributed by atoms with E-state index in [4.69, 9.17) is 15.6 Å². The van der Waals surface area contributed by atoms with Gasteiger partial charge in [-0.1, -0.05) is 24.3 Å². The van der Waals surface area contributed by atoms with Crippen LogP contribution in [-0.4, -0.2) is 28.7 Å². The number of carbonyl (C=O) groups is 2. The van der Waals surface area contributed by atoms with E-state index in [0.29, 0.717) is 6.42 Å². The number of carboxylic acids is 1. The highest BCUT2D eigenvalue weighted by Gasteiger charge is 2.18. The first-order valence-electron chi connectivity index (χ1n) is 6.96. The Morgan fingerprint density at radius 1 is 1.24 bits per heavy atom. The molecule has 0 spiro atoms. The minimum absolute atomic E-state index is 0.250. The quantitative estimate of drug-likeness (QED) is 0.782. The third kappa shape index (κ3) is 6.40. The highest BCUT2D eigenvalue weighted by Crippen LogP contribution is 2.15. The summed E-state index contributed by atoms with van der Waals surface area (Å²) in [5.41, 5.74) is 6.86. The van der Waals surface area contributed by atoms with Crippen molar-refractivity contribution >= 4 is 11.9 Å². The van der Waals surface area contributed by atoms with Gasteiger partial charge in [-0.3, -0.25) is 9.59 Å². The number of hydrogen-bond acceptors (Lipinski definition) is 4. The van der Waals surface area contributed by atoms with E-state index in [9.17, 15) is 9.59 Å². The standard InChI is InChI=1S/C16H23NO4/c1-16(2,3)21-14(18)9-8-11-6-4-5-7-12(11)10-13(17)15(19)20/h4-7,13H,8-10,17H2,1-3H3,(H,19,20)/t13-/m0/s1. The number of esters is 1. The summed E-state index contributed by atoms with van der Waals surface area (Å²) in [5.74, 6) is -1.29. The van der Waals surface area contributed by atoms with Crippen LogP contribution in [0.1, 0.15) is 38.3 Å². The van der Waals surface area contributed by atoms with Crippen molar-refractivity contribution in [2.75, 3.05) is 0 Å². The zero-order valence-corrected chi connectivity index (χ0v) is 12.8. The van der Waals surface area contributed by atoms with Crippen LogP contribution in [0.4, 0.5) is 0 Å². The molecule has 0 fully saturated rings. The minimum Gasteiger partial charge on any atom is -0.480 e. The summed E-state index contributed by atoms with van der Waals surface area (Å²) in [7, 11) is 0. The zero-order valence-electron chi connectivity index (χ0n) is 12.8. The van der Waals surface area contributed by atoms with Gasteiger partial charge in [0.15, 0.2) is 0 Å². The Bertz CT molecular complexity index is 505. The lowest BCUT2D eigenvalue weighted by atomic mass is 9.97. The molecule has 1 atom stereocenters. The Labute approximate surface area is 125 Å². The second-order valence-corrected chi connectivity index (χ2v) is 6.00. The molecule has 1 aromatic carbocycles. The largest absolute Gasteiger partial charge is 0.480 e. The monoisotopic (exact) mass is 293 g/mol. The number of carbonyl (C=O) groups excluding carboxylic acids is 1. The lowest BCUT2D eigenvalue weighted by Gasteiger charge is -2.19. The maximum absolute atomic E-state index is 11.7. The molecule has 0 aliphatic rings. The number of carboxylic acid groups (broad SMARTS) is 1. The second kappa shape index (κ2) is 7.22. The molecule has 5 nitrogen and oxygen atoms in total. The van der Waals surface area contributed by atoms with E-state index < -0.39 is 17.6 Å². The summed E-state index contributed by atoms with van der Waals surface area (Å²) in [4.78, 5) is 22.6. The molecule has 0 aromatic heterocycles. The van der Waals surface area contributed by atoms with Crippen molar-refractivity contribution in [3.8, 4) is 0 Å². The molecular formula is C16H23NO4. The molecule has 0 bridgehead atoms. The van der Waals surface area contributed by atoms with E-state index >= 15 is 0 Å². The molecule has 5 heteroatoms. The SMILES string of the molecule is CC(C)(C)OC(=O)CCc1ccccc1C[C@H](N)C(=O)O. The maximum atomic E-state index is 11.7. The number of aliphatic carboxylic acids is 1. The molecule has 1 aromatic rings. The Hall–Kier alpha value is -1.88. The first kappa shape index (κ1) is 17.2. The van der Waals surface area contributed by atoms with Gasteiger partial charge in [0.1, 0.15) is 11.6 Å². The number of rotatable bonds is 6. The first-order valence-corrected chi connectivity index (χ1v) is 6.96. The topological polar surface area (TPSA) is 89.6 Å². The summed E-state index contributed by atoms with van der Waals surface area (Å²) in [5, 5.41) is 8.88. The second-order valence-electron chi connectivity index (χ2n) is 6.00. The van der Waals surface area contributed by atoms with E-state index in [1.54, 1.807) is 0 Å². The smallest absolute Gasteiger partial charge is 0.320 e. The van der Waals surface area contributed by atoms with Crippen molar-refractivity contribution in [2.45, 2.75) is 51.7 Å². The van der Waals surface area contributed by atoms with Crippen LogP contribution in [0, 0.1) is 0 Å². The van der Waals surface area contributed by atoms with E-state index in [1.165, 1.54) is 0 Å². The number of ether oxygens (including phenoxy) is 1. The normalized spacial score (nSPS) is 12.8. The average molecular weight is 293 g/mol. The third-order valence-corrected chi connectivity index (χ3v) is 2.89. The van der Waals surface area contributed by atoms with Gasteiger partial charge < -0.3 is 15.6 Å². The van der Waals surface area contributed by atoms with Crippen molar-refractivity contribution < 1.29 is 19.4 Å². The van der Waals surface area contributed by atoms with Crippen LogP contribution in [0.2, 0.25) is 0 Å². The van der Waals surface area contributed by atoms with Gasteiger partial charge in [0.05, 0.1) is 0 Å². The maximum Gasteiger partial charge on any atom is 0.320 e. The highest BCUT2D eigenvalue weighted by molar-refractivity contribution is 5.73. The molecule has 0 saturated heterocycles. The van der Waals surface area contributed by atoms with E-state index in [2.05, 4.69) is 0 Å². The third-order valence-electron chi connectivity index (χ3n) is 2.89. The molecular weight excluding hydrogens is 270 g/mol. The lowest BCUT2D eigenvalue weighted by Crippen LogP contribution is -2.32. The number of nitrogens with two attached hydrogens (primary N) is 1. The van der Waals surface area contributed by atoms with Gasteiger partial charge in [0.25, 0.3) is 0 Å². The summed E-state index contributed by atoms with van der Waals surface area (Å²) in [6.45, 7) is 5.47. The summed E-state index contributed by atoms with van der Waals surface area (Å²) in [6, 6.07) is 6.48. The van der Waals surface area contributed by atoms with Crippen LogP contribution >= 0.6 is 0 Å². The zero-order chi connectivity index (χ0) is 16.0. The van der Waals surface area contributed by atoms with E-state index in [-0.39, 0.29) is 18.8 Å². The Morgan fingerprint density at radius 2 is 1.81 bits per heavy atom. The molecule has 0 amide bonds. The molecule has 116 valence electrons. The van der Waals surface area contributed by atoms with Gasteiger partial charge in [-0.05, 0) is 44.7 Å². The lowest BCUT2D eigenvalue weighted by molar-refractivity contribution is -0.154. The predicted octanol–water partition coefficient (Wildman–Crippen LogP) is 1.92. The van der Waals surface area contributed by atoms with Crippen molar-refractivity contribution in [1.82, 2.24) is 0 Å². The van der Waals surface area contributed by atoms with Crippen LogP contribution in [0.25, 0.3) is 0 Å². The molecule has 21 heavy (non-hydrogen) atoms. The Balaban J connectivity index is 2.67. The molecule has 0 aliphatic heterocycles.